The average molecular weight is 484 g/mol. The van der Waals surface area contributed by atoms with Crippen molar-refractivity contribution in [1.29, 1.82) is 0 Å². The van der Waals surface area contributed by atoms with Crippen molar-refractivity contribution in [2.75, 3.05) is 19.0 Å². The van der Waals surface area contributed by atoms with E-state index in [1.807, 2.05) is 48.5 Å². The van der Waals surface area contributed by atoms with E-state index in [0.717, 1.165) is 16.8 Å². The standard InChI is InChI=1S/C25H23Cl2N3O3/c1-32-24-10-6-5-9-22(24)28-25(31)30(15-17-7-3-2-4-8-17)16-19-14-23(29-33-19)18-11-12-20(26)21(27)13-18/h2-13,19H,14-16H2,1H3,(H,28,31)/t19-/m0/s1. The molecule has 1 aliphatic heterocycles. The van der Waals surface area contributed by atoms with Gasteiger partial charge >= 0.3 is 6.03 Å². The summed E-state index contributed by atoms with van der Waals surface area (Å²) in [5.74, 6) is 0.591. The van der Waals surface area contributed by atoms with Crippen LogP contribution in [0.25, 0.3) is 0 Å². The number of anilines is 1. The minimum absolute atomic E-state index is 0.255. The number of nitrogens with one attached hydrogen (secondary N) is 1. The summed E-state index contributed by atoms with van der Waals surface area (Å²) in [4.78, 5) is 20.6. The van der Waals surface area contributed by atoms with E-state index in [-0.39, 0.29) is 12.1 Å². The second-order valence-electron chi connectivity index (χ2n) is 7.59. The minimum atomic E-state index is -0.290. The molecule has 33 heavy (non-hydrogen) atoms. The second-order valence-corrected chi connectivity index (χ2v) is 8.41. The number of hydrogen-bond acceptors (Lipinski definition) is 4. The molecule has 8 heteroatoms. The summed E-state index contributed by atoms with van der Waals surface area (Å²) in [5, 5.41) is 8.12. The topological polar surface area (TPSA) is 63.2 Å². The van der Waals surface area contributed by atoms with E-state index in [4.69, 9.17) is 32.8 Å². The number of urea groups is 1. The van der Waals surface area contributed by atoms with Gasteiger partial charge in [0.05, 0.1) is 35.1 Å². The van der Waals surface area contributed by atoms with Crippen LogP contribution >= 0.6 is 23.2 Å². The third-order valence-electron chi connectivity index (χ3n) is 5.26. The second kappa shape index (κ2) is 10.6. The molecule has 0 bridgehead atoms. The van der Waals surface area contributed by atoms with Crippen molar-refractivity contribution in [3.63, 3.8) is 0 Å². The maximum absolute atomic E-state index is 13.2. The fourth-order valence-corrected chi connectivity index (χ4v) is 3.88. The van der Waals surface area contributed by atoms with Crippen LogP contribution in [0.15, 0.2) is 78.0 Å². The summed E-state index contributed by atoms with van der Waals surface area (Å²) in [6.45, 7) is 0.772. The first-order chi connectivity index (χ1) is 16.0. The molecular weight excluding hydrogens is 461 g/mol. The smallest absolute Gasteiger partial charge is 0.322 e. The molecule has 1 heterocycles. The highest BCUT2D eigenvalue weighted by Gasteiger charge is 2.27. The summed E-state index contributed by atoms with van der Waals surface area (Å²) >= 11 is 12.2. The Balaban J connectivity index is 1.48. The third kappa shape index (κ3) is 5.78. The molecule has 2 amide bonds. The van der Waals surface area contributed by atoms with Crippen LogP contribution in [0.3, 0.4) is 0 Å². The third-order valence-corrected chi connectivity index (χ3v) is 6.00. The van der Waals surface area contributed by atoms with Gasteiger partial charge in [0, 0.05) is 18.5 Å². The molecule has 3 aromatic rings. The SMILES string of the molecule is COc1ccccc1NC(=O)N(Cc1ccccc1)C[C@@H]1CC(c2ccc(Cl)c(Cl)c2)=NO1. The van der Waals surface area contributed by atoms with Gasteiger partial charge < -0.3 is 19.8 Å². The van der Waals surface area contributed by atoms with Gasteiger partial charge in [-0.3, -0.25) is 0 Å². The zero-order valence-corrected chi connectivity index (χ0v) is 19.5. The van der Waals surface area contributed by atoms with Crippen LogP contribution in [0.2, 0.25) is 10.0 Å². The first-order valence-corrected chi connectivity index (χ1v) is 11.2. The zero-order valence-electron chi connectivity index (χ0n) is 18.0. The van der Waals surface area contributed by atoms with E-state index >= 15 is 0 Å². The summed E-state index contributed by atoms with van der Waals surface area (Å²) in [7, 11) is 1.57. The van der Waals surface area contributed by atoms with Gasteiger partial charge in [-0.05, 0) is 29.8 Å². The van der Waals surface area contributed by atoms with E-state index in [0.29, 0.717) is 41.0 Å². The number of rotatable bonds is 7. The lowest BCUT2D eigenvalue weighted by molar-refractivity contribution is 0.0608. The van der Waals surface area contributed by atoms with Crippen LogP contribution in [0, 0.1) is 0 Å². The van der Waals surface area contributed by atoms with Gasteiger partial charge in [-0.25, -0.2) is 4.79 Å². The lowest BCUT2D eigenvalue weighted by Crippen LogP contribution is -2.40. The van der Waals surface area contributed by atoms with Gasteiger partial charge in [0.15, 0.2) is 6.10 Å². The van der Waals surface area contributed by atoms with Gasteiger partial charge in [0.25, 0.3) is 0 Å². The molecule has 0 spiro atoms. The molecule has 0 aromatic heterocycles. The van der Waals surface area contributed by atoms with E-state index < -0.39 is 0 Å². The Hall–Kier alpha value is -3.22. The Morgan fingerprint density at radius 2 is 1.85 bits per heavy atom. The van der Waals surface area contributed by atoms with Gasteiger partial charge in [-0.15, -0.1) is 0 Å². The molecule has 6 nitrogen and oxygen atoms in total. The number of carbonyl (C=O) groups excluding carboxylic acids is 1. The molecular formula is C25H23Cl2N3O3. The van der Waals surface area contributed by atoms with Crippen molar-refractivity contribution in [3.8, 4) is 5.75 Å². The van der Waals surface area contributed by atoms with Crippen LogP contribution in [-0.4, -0.2) is 36.4 Å². The zero-order chi connectivity index (χ0) is 23.2. The molecule has 0 fully saturated rings. The normalized spacial score (nSPS) is 14.9. The van der Waals surface area contributed by atoms with Crippen LogP contribution in [0.1, 0.15) is 17.5 Å². The maximum atomic E-state index is 13.2. The van der Waals surface area contributed by atoms with Crippen molar-refractivity contribution in [2.24, 2.45) is 5.16 Å². The molecule has 1 N–H and O–H groups in total. The molecule has 0 unspecified atom stereocenters. The van der Waals surface area contributed by atoms with Gasteiger partial charge in [0.1, 0.15) is 5.75 Å². The molecule has 0 saturated carbocycles. The number of methoxy groups -OCH3 is 1. The molecule has 1 aliphatic rings. The van der Waals surface area contributed by atoms with Crippen LogP contribution < -0.4 is 10.1 Å². The Kier molecular flexibility index (Phi) is 7.37. The molecule has 1 atom stereocenters. The van der Waals surface area contributed by atoms with Crippen LogP contribution in [-0.2, 0) is 11.4 Å². The van der Waals surface area contributed by atoms with Gasteiger partial charge in [-0.1, -0.05) is 76.9 Å². The summed E-state index contributed by atoms with van der Waals surface area (Å²) in [6.07, 6.45) is 0.257. The molecule has 0 radical (unpaired) electrons. The highest BCUT2D eigenvalue weighted by molar-refractivity contribution is 6.42. The summed E-state index contributed by atoms with van der Waals surface area (Å²) < 4.78 is 5.36. The lowest BCUT2D eigenvalue weighted by atomic mass is 10.0. The first kappa shape index (κ1) is 23.0. The van der Waals surface area contributed by atoms with Crippen molar-refractivity contribution in [3.05, 3.63) is 94.0 Å². The Morgan fingerprint density at radius 3 is 2.61 bits per heavy atom. The van der Waals surface area contributed by atoms with E-state index in [1.54, 1.807) is 36.3 Å². The van der Waals surface area contributed by atoms with E-state index in [1.165, 1.54) is 0 Å². The highest BCUT2D eigenvalue weighted by atomic mass is 35.5. The van der Waals surface area contributed by atoms with Crippen molar-refractivity contribution in [1.82, 2.24) is 4.90 Å². The largest absolute Gasteiger partial charge is 0.495 e. The number of nitrogens with zero attached hydrogens (tertiary/aromatic N) is 2. The molecule has 0 saturated heterocycles. The Morgan fingerprint density at radius 1 is 1.09 bits per heavy atom. The number of benzene rings is 3. The summed E-state index contributed by atoms with van der Waals surface area (Å²) in [5.41, 5.74) is 3.22. The van der Waals surface area contributed by atoms with Crippen molar-refractivity contribution < 1.29 is 14.4 Å². The number of halogens is 2. The fraction of sp³-hybridized carbons (Fsp3) is 0.200. The monoisotopic (exact) mass is 483 g/mol. The van der Waals surface area contributed by atoms with E-state index in [2.05, 4.69) is 10.5 Å². The van der Waals surface area contributed by atoms with Gasteiger partial charge in [-0.2, -0.15) is 0 Å². The van der Waals surface area contributed by atoms with Crippen LogP contribution in [0.5, 0.6) is 5.75 Å². The van der Waals surface area contributed by atoms with Crippen molar-refractivity contribution in [2.45, 2.75) is 19.1 Å². The maximum Gasteiger partial charge on any atom is 0.322 e. The Bertz CT molecular complexity index is 1150. The number of carbonyl (C=O) groups is 1. The first-order valence-electron chi connectivity index (χ1n) is 10.4. The average Bonchev–Trinajstić information content (AvgIpc) is 3.30. The number of hydrogen-bond donors (Lipinski definition) is 1. The van der Waals surface area contributed by atoms with E-state index in [9.17, 15) is 4.79 Å². The van der Waals surface area contributed by atoms with Gasteiger partial charge in [0.2, 0.25) is 0 Å². The number of ether oxygens (including phenoxy) is 1. The number of oxime groups is 1. The summed E-state index contributed by atoms with van der Waals surface area (Å²) in [6, 6.07) is 22.2. The lowest BCUT2D eigenvalue weighted by Gasteiger charge is -2.25. The minimum Gasteiger partial charge on any atom is -0.495 e. The Labute approximate surface area is 202 Å². The highest BCUT2D eigenvalue weighted by Crippen LogP contribution is 2.27. The molecule has 170 valence electrons. The molecule has 4 rings (SSSR count). The molecule has 0 aliphatic carbocycles. The quantitative estimate of drug-likeness (QED) is 0.433. The van der Waals surface area contributed by atoms with Crippen molar-refractivity contribution >= 4 is 40.6 Å². The predicted molar refractivity (Wildman–Crippen MR) is 131 cm³/mol. The van der Waals surface area contributed by atoms with Crippen LogP contribution in [0.4, 0.5) is 10.5 Å². The fourth-order valence-electron chi connectivity index (χ4n) is 3.58. The number of para-hydroxylation sites is 2. The predicted octanol–water partition coefficient (Wildman–Crippen LogP) is 6.23. The number of amides is 2. The molecule has 3 aromatic carbocycles.